The van der Waals surface area contributed by atoms with Crippen LogP contribution >= 0.6 is 22.9 Å². The molecule has 1 fully saturated rings. The van der Waals surface area contributed by atoms with Crippen molar-refractivity contribution in [1.29, 1.82) is 0 Å². The van der Waals surface area contributed by atoms with Crippen molar-refractivity contribution < 1.29 is 14.3 Å². The fraction of sp³-hybridized carbons (Fsp3) is 0.250. The van der Waals surface area contributed by atoms with Crippen LogP contribution in [0.4, 0.5) is 5.00 Å². The number of amides is 2. The molecular weight excluding hydrogens is 446 g/mol. The van der Waals surface area contributed by atoms with E-state index < -0.39 is 0 Å². The van der Waals surface area contributed by atoms with E-state index in [1.807, 2.05) is 35.2 Å². The maximum Gasteiger partial charge on any atom is 0.258 e. The van der Waals surface area contributed by atoms with Crippen molar-refractivity contribution in [1.82, 2.24) is 9.80 Å². The summed E-state index contributed by atoms with van der Waals surface area (Å²) in [5, 5.41) is 2.24. The van der Waals surface area contributed by atoms with Gasteiger partial charge in [0.05, 0.1) is 23.2 Å². The number of hydrogen-bond acceptors (Lipinski definition) is 5. The Labute approximate surface area is 194 Å². The van der Waals surface area contributed by atoms with Gasteiger partial charge in [0.15, 0.2) is 0 Å². The van der Waals surface area contributed by atoms with Gasteiger partial charge in [-0.1, -0.05) is 30.3 Å². The van der Waals surface area contributed by atoms with Gasteiger partial charge in [-0.25, -0.2) is 0 Å². The van der Waals surface area contributed by atoms with E-state index in [-0.39, 0.29) is 17.9 Å². The number of ether oxygens (including phenoxy) is 1. The quantitative estimate of drug-likeness (QED) is 0.566. The summed E-state index contributed by atoms with van der Waals surface area (Å²) in [5.74, 6) is 0.288. The summed E-state index contributed by atoms with van der Waals surface area (Å²) in [6.07, 6.45) is 1.95. The fourth-order valence-electron chi connectivity index (χ4n) is 4.52. The lowest BCUT2D eigenvalue weighted by Gasteiger charge is -2.42. The SMILES string of the molecule is C=CC(=O)N1CCN2C(=O)c3cc(Cl)c(-c4cccc5sc(N)cc45)cc3OCCC2C1. The molecule has 1 saturated heterocycles. The molecule has 2 N–H and O–H groups in total. The van der Waals surface area contributed by atoms with Crippen LogP contribution in [0.15, 0.2) is 49.1 Å². The van der Waals surface area contributed by atoms with Crippen LogP contribution in [0.5, 0.6) is 5.75 Å². The molecule has 8 heteroatoms. The minimum absolute atomic E-state index is 0.103. The summed E-state index contributed by atoms with van der Waals surface area (Å²) >= 11 is 8.23. The molecule has 2 aliphatic rings. The first-order chi connectivity index (χ1) is 15.5. The van der Waals surface area contributed by atoms with Gasteiger partial charge in [0.2, 0.25) is 5.91 Å². The number of nitrogens with zero attached hydrogens (tertiary/aromatic N) is 2. The Hall–Kier alpha value is -3.03. The number of thiophene rings is 1. The van der Waals surface area contributed by atoms with Gasteiger partial charge in [0.25, 0.3) is 5.91 Å². The second-order valence-corrected chi connectivity index (χ2v) is 9.49. The van der Waals surface area contributed by atoms with Crippen molar-refractivity contribution in [2.45, 2.75) is 12.5 Å². The van der Waals surface area contributed by atoms with E-state index in [0.29, 0.717) is 49.0 Å². The molecule has 0 saturated carbocycles. The highest BCUT2D eigenvalue weighted by atomic mass is 35.5. The third-order valence-corrected chi connectivity index (χ3v) is 7.35. The molecule has 1 aromatic heterocycles. The lowest BCUT2D eigenvalue weighted by Crippen LogP contribution is -2.57. The molecule has 6 nitrogen and oxygen atoms in total. The largest absolute Gasteiger partial charge is 0.493 e. The molecule has 1 atom stereocenters. The molecule has 2 aromatic carbocycles. The zero-order valence-corrected chi connectivity index (χ0v) is 18.9. The predicted octanol–water partition coefficient (Wildman–Crippen LogP) is 4.43. The summed E-state index contributed by atoms with van der Waals surface area (Å²) < 4.78 is 7.13. The van der Waals surface area contributed by atoms with Crippen molar-refractivity contribution >= 4 is 49.8 Å². The fourth-order valence-corrected chi connectivity index (χ4v) is 5.64. The topological polar surface area (TPSA) is 75.9 Å². The van der Waals surface area contributed by atoms with E-state index in [1.165, 1.54) is 17.4 Å². The van der Waals surface area contributed by atoms with Gasteiger partial charge >= 0.3 is 0 Å². The average Bonchev–Trinajstić information content (AvgIpc) is 3.18. The Balaban J connectivity index is 1.52. The lowest BCUT2D eigenvalue weighted by atomic mass is 9.98. The number of carbonyl (C=O) groups is 2. The first kappa shape index (κ1) is 20.8. The Morgan fingerprint density at radius 1 is 1.22 bits per heavy atom. The van der Waals surface area contributed by atoms with Crippen molar-refractivity contribution in [2.75, 3.05) is 32.0 Å². The third kappa shape index (κ3) is 3.51. The first-order valence-corrected chi connectivity index (χ1v) is 11.6. The molecular formula is C24H22ClN3O3S. The monoisotopic (exact) mass is 467 g/mol. The third-order valence-electron chi connectivity index (χ3n) is 6.11. The first-order valence-electron chi connectivity index (χ1n) is 10.4. The van der Waals surface area contributed by atoms with Crippen LogP contribution in [0.3, 0.4) is 0 Å². The highest BCUT2D eigenvalue weighted by Crippen LogP contribution is 2.41. The molecule has 0 aliphatic carbocycles. The smallest absolute Gasteiger partial charge is 0.258 e. The van der Waals surface area contributed by atoms with Crippen LogP contribution in [-0.2, 0) is 4.79 Å². The minimum atomic E-state index is -0.123. The van der Waals surface area contributed by atoms with Gasteiger partial charge in [-0.15, -0.1) is 11.3 Å². The van der Waals surface area contributed by atoms with E-state index in [9.17, 15) is 9.59 Å². The average molecular weight is 468 g/mol. The van der Waals surface area contributed by atoms with Crippen LogP contribution < -0.4 is 10.5 Å². The second-order valence-electron chi connectivity index (χ2n) is 7.97. The number of rotatable bonds is 2. The van der Waals surface area contributed by atoms with E-state index in [0.717, 1.165) is 26.2 Å². The van der Waals surface area contributed by atoms with Crippen LogP contribution in [0, 0.1) is 0 Å². The van der Waals surface area contributed by atoms with Crippen molar-refractivity contribution in [2.24, 2.45) is 0 Å². The number of hydrogen-bond donors (Lipinski definition) is 1. The molecule has 0 bridgehead atoms. The van der Waals surface area contributed by atoms with E-state index in [4.69, 9.17) is 22.1 Å². The molecule has 1 unspecified atom stereocenters. The van der Waals surface area contributed by atoms with Gasteiger partial charge in [-0.3, -0.25) is 9.59 Å². The Bertz CT molecular complexity index is 1250. The number of benzene rings is 2. The van der Waals surface area contributed by atoms with Gasteiger partial charge < -0.3 is 20.3 Å². The molecule has 164 valence electrons. The van der Waals surface area contributed by atoms with Crippen molar-refractivity contribution in [3.63, 3.8) is 0 Å². The number of anilines is 1. The molecule has 5 rings (SSSR count). The van der Waals surface area contributed by atoms with Crippen LogP contribution in [-0.4, -0.2) is 53.9 Å². The summed E-state index contributed by atoms with van der Waals surface area (Å²) in [6, 6.07) is 11.4. The molecule has 0 radical (unpaired) electrons. The number of fused-ring (bicyclic) bond motifs is 3. The number of nitrogens with two attached hydrogens (primary N) is 1. The minimum Gasteiger partial charge on any atom is -0.493 e. The Morgan fingerprint density at radius 3 is 2.88 bits per heavy atom. The molecule has 0 spiro atoms. The number of carbonyl (C=O) groups excluding carboxylic acids is 2. The molecule has 2 aliphatic heterocycles. The number of halogens is 1. The van der Waals surface area contributed by atoms with E-state index in [2.05, 4.69) is 6.58 Å². The summed E-state index contributed by atoms with van der Waals surface area (Å²) in [4.78, 5) is 29.0. The predicted molar refractivity (Wildman–Crippen MR) is 128 cm³/mol. The zero-order valence-electron chi connectivity index (χ0n) is 17.3. The lowest BCUT2D eigenvalue weighted by molar-refractivity contribution is -0.128. The van der Waals surface area contributed by atoms with Gasteiger partial charge in [0, 0.05) is 46.7 Å². The molecule has 32 heavy (non-hydrogen) atoms. The molecule has 2 amide bonds. The van der Waals surface area contributed by atoms with Crippen molar-refractivity contribution in [3.8, 4) is 16.9 Å². The normalized spacial score (nSPS) is 18.4. The van der Waals surface area contributed by atoms with Gasteiger partial charge in [0.1, 0.15) is 5.75 Å². The number of nitrogen functional groups attached to an aromatic ring is 1. The maximum absolute atomic E-state index is 13.4. The summed E-state index contributed by atoms with van der Waals surface area (Å²) in [7, 11) is 0. The van der Waals surface area contributed by atoms with Crippen LogP contribution in [0.2, 0.25) is 5.02 Å². The molecule has 3 heterocycles. The molecule has 3 aromatic rings. The second kappa shape index (κ2) is 8.15. The summed E-state index contributed by atoms with van der Waals surface area (Å²) in [5.41, 5.74) is 8.23. The number of piperazine rings is 1. The zero-order chi connectivity index (χ0) is 22.4. The Morgan fingerprint density at radius 2 is 2.06 bits per heavy atom. The maximum atomic E-state index is 13.4. The Kier molecular flexibility index (Phi) is 5.31. The van der Waals surface area contributed by atoms with Crippen molar-refractivity contribution in [3.05, 3.63) is 59.6 Å². The van der Waals surface area contributed by atoms with E-state index in [1.54, 1.807) is 11.0 Å². The standard InChI is InChI=1S/C24H22ClN3O3S/c1-2-23(29)27-7-8-28-14(13-27)6-9-31-20-11-16(19(25)10-18(20)24(28)30)15-4-3-5-21-17(15)12-22(26)32-21/h2-5,10-12,14H,1,6-9,13,26H2. The van der Waals surface area contributed by atoms with E-state index >= 15 is 0 Å². The highest BCUT2D eigenvalue weighted by Gasteiger charge is 2.35. The van der Waals surface area contributed by atoms with Crippen LogP contribution in [0.25, 0.3) is 21.2 Å². The van der Waals surface area contributed by atoms with Gasteiger partial charge in [-0.2, -0.15) is 0 Å². The van der Waals surface area contributed by atoms with Gasteiger partial charge in [-0.05, 0) is 35.9 Å². The highest BCUT2D eigenvalue weighted by molar-refractivity contribution is 7.22. The summed E-state index contributed by atoms with van der Waals surface area (Å²) in [6.45, 7) is 5.43. The van der Waals surface area contributed by atoms with Crippen LogP contribution in [0.1, 0.15) is 16.8 Å².